The third-order valence-electron chi connectivity index (χ3n) is 10.3. The number of Topliss-reactive ketones (excluding diaryl/α,β-unsaturated/α-hetero) is 1. The number of aromatic nitrogens is 1. The van der Waals surface area contributed by atoms with Crippen LogP contribution in [0.1, 0.15) is 132 Å². The summed E-state index contributed by atoms with van der Waals surface area (Å²) in [5, 5.41) is 14.8. The molecule has 1 saturated heterocycles. The molecule has 0 aliphatic carbocycles. The minimum absolute atomic E-state index is 0.00745. The maximum absolute atomic E-state index is 14.0. The van der Waals surface area contributed by atoms with Gasteiger partial charge in [-0.2, -0.15) is 0 Å². The first-order chi connectivity index (χ1) is 21.1. The molecular weight excluding hydrogens is 611 g/mol. The predicted molar refractivity (Wildman–Crippen MR) is 197 cm³/mol. The molecule has 2 rings (SSSR count). The maximum atomic E-state index is 14.0. The van der Waals surface area contributed by atoms with Crippen molar-refractivity contribution in [1.82, 2.24) is 4.98 Å². The quantitative estimate of drug-likeness (QED) is 0.131. The lowest BCUT2D eigenvalue weighted by Crippen LogP contribution is -2.52. The van der Waals surface area contributed by atoms with E-state index in [9.17, 15) is 9.90 Å². The van der Waals surface area contributed by atoms with Crippen molar-refractivity contribution in [3.05, 3.63) is 33.3 Å². The van der Waals surface area contributed by atoms with Crippen LogP contribution in [-0.4, -0.2) is 54.9 Å². The Balaban J connectivity index is 2.06. The second kappa shape index (κ2) is 17.0. The highest BCUT2D eigenvalue weighted by atomic mass is 32.1. The van der Waals surface area contributed by atoms with Gasteiger partial charge in [0.2, 0.25) is 0 Å². The van der Waals surface area contributed by atoms with Crippen molar-refractivity contribution in [2.24, 2.45) is 17.3 Å². The Labute approximate surface area is 286 Å². The van der Waals surface area contributed by atoms with Crippen LogP contribution in [-0.2, 0) is 18.7 Å². The lowest BCUT2D eigenvalue weighted by Gasteiger charge is -2.44. The second-order valence-electron chi connectivity index (χ2n) is 16.3. The molecule has 0 amide bonds. The Morgan fingerprint density at radius 1 is 1.22 bits per heavy atom. The summed E-state index contributed by atoms with van der Waals surface area (Å²) in [4.78, 5) is 18.6. The smallest absolute Gasteiger partial charge is 0.192 e. The summed E-state index contributed by atoms with van der Waals surface area (Å²) >= 11 is 1.67. The van der Waals surface area contributed by atoms with Crippen LogP contribution in [0.4, 0.5) is 0 Å². The number of ketones is 1. The van der Waals surface area contributed by atoms with Gasteiger partial charge in [-0.25, -0.2) is 4.98 Å². The fourth-order valence-electron chi connectivity index (χ4n) is 6.07. The Hall–Kier alpha value is -1.16. The predicted octanol–water partition coefficient (Wildman–Crippen LogP) is 10.3. The molecule has 5 atom stereocenters. The van der Waals surface area contributed by atoms with Crippen LogP contribution in [0.5, 0.6) is 0 Å². The summed E-state index contributed by atoms with van der Waals surface area (Å²) in [6.07, 6.45) is 9.46. The Morgan fingerprint density at radius 2 is 1.87 bits per heavy atom. The Kier molecular flexibility index (Phi) is 15.1. The van der Waals surface area contributed by atoms with Gasteiger partial charge in [-0.3, -0.25) is 4.79 Å². The first kappa shape index (κ1) is 41.0. The SMILES string of the molecule is CCC[C@@H](C(=O)C(C)(C)C1CCOC(C)(C)O1)[C@@H](O)C(C)CCCC(C)=CC[C@H](O[Si](C)(C)C(C)(C)C)/C(C)=C/c1csc(C)n1. The van der Waals surface area contributed by atoms with Gasteiger partial charge in [0.15, 0.2) is 14.1 Å². The topological polar surface area (TPSA) is 77.9 Å². The van der Waals surface area contributed by atoms with Crippen LogP contribution >= 0.6 is 11.3 Å². The molecule has 0 aromatic carbocycles. The number of hydrogen-bond donors (Lipinski definition) is 1. The highest BCUT2D eigenvalue weighted by Gasteiger charge is 2.47. The van der Waals surface area contributed by atoms with Crippen molar-refractivity contribution < 1.29 is 23.8 Å². The van der Waals surface area contributed by atoms with Gasteiger partial charge in [-0.15, -0.1) is 11.3 Å². The fourth-order valence-corrected chi connectivity index (χ4v) is 7.99. The second-order valence-corrected chi connectivity index (χ2v) is 22.1. The Bertz CT molecular complexity index is 1180. The first-order valence-electron chi connectivity index (χ1n) is 17.6. The van der Waals surface area contributed by atoms with E-state index in [1.807, 2.05) is 34.6 Å². The first-order valence-corrected chi connectivity index (χ1v) is 21.4. The van der Waals surface area contributed by atoms with Crippen molar-refractivity contribution in [1.29, 1.82) is 0 Å². The lowest BCUT2D eigenvalue weighted by molar-refractivity contribution is -0.289. The largest absolute Gasteiger partial charge is 0.410 e. The van der Waals surface area contributed by atoms with E-state index >= 15 is 0 Å². The number of aryl methyl sites for hydroxylation is 1. The zero-order valence-corrected chi connectivity index (χ0v) is 33.5. The molecule has 0 radical (unpaired) electrons. The number of carbonyl (C=O) groups is 1. The monoisotopic (exact) mass is 677 g/mol. The van der Waals surface area contributed by atoms with Crippen LogP contribution < -0.4 is 0 Å². The minimum Gasteiger partial charge on any atom is -0.410 e. The molecule has 1 aliphatic rings. The molecule has 1 N–H and O–H groups in total. The van der Waals surface area contributed by atoms with Gasteiger partial charge in [0.05, 0.1) is 41.0 Å². The van der Waals surface area contributed by atoms with Crippen LogP contribution in [0, 0.1) is 24.2 Å². The van der Waals surface area contributed by atoms with Gasteiger partial charge in [0, 0.05) is 11.3 Å². The third kappa shape index (κ3) is 11.8. The molecule has 0 bridgehead atoms. The van der Waals surface area contributed by atoms with Crippen molar-refractivity contribution in [3.8, 4) is 0 Å². The number of carbonyl (C=O) groups excluding carboxylic acids is 1. The van der Waals surface area contributed by atoms with Gasteiger partial charge in [0.1, 0.15) is 5.78 Å². The van der Waals surface area contributed by atoms with E-state index in [-0.39, 0.29) is 28.9 Å². The number of rotatable bonds is 17. The van der Waals surface area contributed by atoms with E-state index in [1.54, 1.807) is 11.3 Å². The van der Waals surface area contributed by atoms with Crippen LogP contribution in [0.2, 0.25) is 18.1 Å². The average molecular weight is 678 g/mol. The molecule has 1 aromatic rings. The maximum Gasteiger partial charge on any atom is 0.192 e. The van der Waals surface area contributed by atoms with Crippen molar-refractivity contribution in [2.45, 2.75) is 170 Å². The Morgan fingerprint density at radius 3 is 2.41 bits per heavy atom. The number of aliphatic hydroxyl groups is 1. The number of hydrogen-bond acceptors (Lipinski definition) is 7. The molecule has 2 heterocycles. The molecule has 0 spiro atoms. The van der Waals surface area contributed by atoms with Gasteiger partial charge < -0.3 is 19.0 Å². The van der Waals surface area contributed by atoms with Crippen molar-refractivity contribution >= 4 is 31.5 Å². The zero-order chi connectivity index (χ0) is 35.1. The third-order valence-corrected chi connectivity index (χ3v) is 15.6. The van der Waals surface area contributed by atoms with Gasteiger partial charge >= 0.3 is 0 Å². The van der Waals surface area contributed by atoms with Crippen molar-refractivity contribution in [3.63, 3.8) is 0 Å². The average Bonchev–Trinajstić information content (AvgIpc) is 3.35. The van der Waals surface area contributed by atoms with Gasteiger partial charge in [0.25, 0.3) is 0 Å². The summed E-state index contributed by atoms with van der Waals surface area (Å²) in [6.45, 7) is 30.4. The van der Waals surface area contributed by atoms with E-state index in [1.165, 1.54) is 11.1 Å². The normalized spacial score (nSPS) is 21.2. The summed E-state index contributed by atoms with van der Waals surface area (Å²) in [6, 6.07) is 0. The molecule has 6 nitrogen and oxygen atoms in total. The highest BCUT2D eigenvalue weighted by molar-refractivity contribution is 7.09. The van der Waals surface area contributed by atoms with Crippen LogP contribution in [0.3, 0.4) is 0 Å². The molecular formula is C38H67NO5SSi. The minimum atomic E-state index is -1.98. The highest BCUT2D eigenvalue weighted by Crippen LogP contribution is 2.40. The molecule has 264 valence electrons. The lowest BCUT2D eigenvalue weighted by atomic mass is 9.71. The molecule has 1 aromatic heterocycles. The molecule has 1 fully saturated rings. The number of aliphatic hydroxyl groups excluding tert-OH is 1. The summed E-state index contributed by atoms with van der Waals surface area (Å²) in [7, 11) is -1.98. The molecule has 46 heavy (non-hydrogen) atoms. The number of thiazole rings is 1. The van der Waals surface area contributed by atoms with E-state index in [4.69, 9.17) is 13.9 Å². The molecule has 2 unspecified atom stereocenters. The molecule has 1 aliphatic heterocycles. The van der Waals surface area contributed by atoms with Crippen molar-refractivity contribution in [2.75, 3.05) is 6.61 Å². The summed E-state index contributed by atoms with van der Waals surface area (Å²) in [5.41, 5.74) is 2.85. The number of ether oxygens (including phenoxy) is 2. The molecule has 8 heteroatoms. The van der Waals surface area contributed by atoms with Gasteiger partial charge in [-0.1, -0.05) is 66.5 Å². The summed E-state index contributed by atoms with van der Waals surface area (Å²) < 4.78 is 18.9. The van der Waals surface area contributed by atoms with Crippen LogP contribution in [0.15, 0.2) is 22.6 Å². The van der Waals surface area contributed by atoms with Gasteiger partial charge in [-0.05, 0) is 109 Å². The van der Waals surface area contributed by atoms with E-state index in [0.717, 1.165) is 42.8 Å². The zero-order valence-electron chi connectivity index (χ0n) is 31.7. The number of allylic oxidation sites excluding steroid dienone is 1. The van der Waals surface area contributed by atoms with E-state index < -0.39 is 31.5 Å². The number of nitrogens with zero attached hydrogens (tertiary/aromatic N) is 1. The van der Waals surface area contributed by atoms with E-state index in [0.29, 0.717) is 19.4 Å². The summed E-state index contributed by atoms with van der Waals surface area (Å²) in [5.74, 6) is -0.968. The van der Waals surface area contributed by atoms with Crippen LogP contribution in [0.25, 0.3) is 6.08 Å². The van der Waals surface area contributed by atoms with E-state index in [2.05, 4.69) is 84.1 Å². The molecule has 0 saturated carbocycles. The standard InChI is InChI=1S/C38H67NO5SSi/c1-15-17-31(35(41)37(9,10)33-22-23-42-38(11,12)43-33)34(40)27(3)19-16-18-26(2)20-21-32(44-46(13,14)36(6,7)8)28(4)24-30-25-45-29(5)39-30/h20,24-25,27,31-34,40H,15-19,21-23H2,1-14H3/b26-20?,28-24+/t27?,31-,32+,33?,34+/m1/s1. The fraction of sp³-hybridized carbons (Fsp3) is 0.789.